The number of hydrogen-bond acceptors (Lipinski definition) is 3. The molecule has 0 saturated heterocycles. The molecule has 1 aromatic heterocycles. The topological polar surface area (TPSA) is 48.1 Å². The van der Waals surface area contributed by atoms with Crippen molar-refractivity contribution in [3.05, 3.63) is 47.2 Å². The molecule has 0 amide bonds. The van der Waals surface area contributed by atoms with Gasteiger partial charge in [0.2, 0.25) is 0 Å². The Kier molecular flexibility index (Phi) is 4.77. The zero-order valence-electron chi connectivity index (χ0n) is 10.9. The summed E-state index contributed by atoms with van der Waals surface area (Å²) in [4.78, 5) is 4.19. The molecule has 1 heterocycles. The Balaban J connectivity index is 2.28. The van der Waals surface area contributed by atoms with Crippen molar-refractivity contribution in [1.29, 1.82) is 0 Å². The third kappa shape index (κ3) is 3.46. The first-order valence-electron chi connectivity index (χ1n) is 6.31. The molecule has 19 heavy (non-hydrogen) atoms. The average Bonchev–Trinajstić information content (AvgIpc) is 2.45. The van der Waals surface area contributed by atoms with Crippen molar-refractivity contribution in [3.63, 3.8) is 0 Å². The van der Waals surface area contributed by atoms with Crippen LogP contribution in [0.1, 0.15) is 18.9 Å². The fraction of sp³-hybridized carbons (Fsp3) is 0.267. The highest BCUT2D eigenvalue weighted by molar-refractivity contribution is 6.31. The highest BCUT2D eigenvalue weighted by atomic mass is 35.5. The summed E-state index contributed by atoms with van der Waals surface area (Å²) in [6.45, 7) is 3.21. The molecule has 0 aliphatic carbocycles. The fourth-order valence-corrected chi connectivity index (χ4v) is 2.03. The van der Waals surface area contributed by atoms with Crippen LogP contribution in [0.2, 0.25) is 5.02 Å². The van der Waals surface area contributed by atoms with E-state index in [9.17, 15) is 0 Å². The van der Waals surface area contributed by atoms with Gasteiger partial charge in [0, 0.05) is 23.3 Å². The number of aromatic nitrogens is 1. The molecular formula is C15H17ClN2O. The van der Waals surface area contributed by atoms with Crippen molar-refractivity contribution < 1.29 is 4.74 Å². The lowest BCUT2D eigenvalue weighted by Gasteiger charge is -2.08. The van der Waals surface area contributed by atoms with Crippen LogP contribution in [0.4, 0.5) is 0 Å². The molecule has 0 atom stereocenters. The Morgan fingerprint density at radius 1 is 1.21 bits per heavy atom. The first kappa shape index (κ1) is 13.8. The second kappa shape index (κ2) is 6.55. The summed E-state index contributed by atoms with van der Waals surface area (Å²) in [6.07, 6.45) is 4.49. The lowest BCUT2D eigenvalue weighted by Crippen LogP contribution is -1.97. The van der Waals surface area contributed by atoms with Crippen LogP contribution in [0.5, 0.6) is 5.75 Å². The Morgan fingerprint density at radius 2 is 2.05 bits per heavy atom. The van der Waals surface area contributed by atoms with Gasteiger partial charge in [-0.15, -0.1) is 0 Å². The van der Waals surface area contributed by atoms with Crippen molar-refractivity contribution in [2.24, 2.45) is 5.73 Å². The number of benzene rings is 1. The Morgan fingerprint density at radius 3 is 2.74 bits per heavy atom. The smallest absolute Gasteiger partial charge is 0.138 e. The predicted octanol–water partition coefficient (Wildman–Crippen LogP) is 3.65. The van der Waals surface area contributed by atoms with E-state index in [2.05, 4.69) is 11.9 Å². The maximum Gasteiger partial charge on any atom is 0.138 e. The Bertz CT molecular complexity index is 558. The van der Waals surface area contributed by atoms with Crippen LogP contribution >= 0.6 is 11.6 Å². The minimum Gasteiger partial charge on any atom is -0.492 e. The van der Waals surface area contributed by atoms with Gasteiger partial charge in [-0.25, -0.2) is 0 Å². The van der Waals surface area contributed by atoms with E-state index in [4.69, 9.17) is 22.1 Å². The number of nitrogens with zero attached hydrogens (tertiary/aromatic N) is 1. The Labute approximate surface area is 118 Å². The van der Waals surface area contributed by atoms with E-state index < -0.39 is 0 Å². The van der Waals surface area contributed by atoms with Gasteiger partial charge in [0.15, 0.2) is 0 Å². The molecule has 3 nitrogen and oxygen atoms in total. The largest absolute Gasteiger partial charge is 0.492 e. The van der Waals surface area contributed by atoms with Gasteiger partial charge in [-0.2, -0.15) is 0 Å². The highest BCUT2D eigenvalue weighted by Gasteiger charge is 2.04. The van der Waals surface area contributed by atoms with E-state index in [1.807, 2.05) is 24.3 Å². The first-order valence-corrected chi connectivity index (χ1v) is 6.69. The van der Waals surface area contributed by atoms with E-state index >= 15 is 0 Å². The van der Waals surface area contributed by atoms with Crippen molar-refractivity contribution in [3.8, 4) is 16.9 Å². The summed E-state index contributed by atoms with van der Waals surface area (Å²) in [5.41, 5.74) is 8.54. The third-order valence-electron chi connectivity index (χ3n) is 2.79. The number of nitrogens with two attached hydrogens (primary N) is 1. The SMILES string of the molecule is CCCOc1cncc(-c2ccc(CN)c(Cl)c2)c1. The molecule has 0 unspecified atom stereocenters. The summed E-state index contributed by atoms with van der Waals surface area (Å²) < 4.78 is 5.58. The van der Waals surface area contributed by atoms with Crippen molar-refractivity contribution >= 4 is 11.6 Å². The van der Waals surface area contributed by atoms with E-state index in [-0.39, 0.29) is 0 Å². The van der Waals surface area contributed by atoms with E-state index in [1.54, 1.807) is 12.4 Å². The van der Waals surface area contributed by atoms with Gasteiger partial charge in [0.1, 0.15) is 5.75 Å². The van der Waals surface area contributed by atoms with Crippen LogP contribution in [0, 0.1) is 0 Å². The van der Waals surface area contributed by atoms with Crippen LogP contribution in [-0.2, 0) is 6.54 Å². The summed E-state index contributed by atoms with van der Waals surface area (Å²) >= 11 is 6.17. The van der Waals surface area contributed by atoms with Gasteiger partial charge in [0.25, 0.3) is 0 Å². The summed E-state index contributed by atoms with van der Waals surface area (Å²) in [5, 5.41) is 0.680. The van der Waals surface area contributed by atoms with Crippen LogP contribution in [-0.4, -0.2) is 11.6 Å². The molecule has 1 aromatic carbocycles. The molecule has 0 saturated carbocycles. The number of pyridine rings is 1. The molecule has 0 spiro atoms. The zero-order valence-corrected chi connectivity index (χ0v) is 11.7. The third-order valence-corrected chi connectivity index (χ3v) is 3.14. The second-order valence-electron chi connectivity index (χ2n) is 4.27. The second-order valence-corrected chi connectivity index (χ2v) is 4.68. The first-order chi connectivity index (χ1) is 9.24. The summed E-state index contributed by atoms with van der Waals surface area (Å²) in [5.74, 6) is 0.776. The predicted molar refractivity (Wildman–Crippen MR) is 78.4 cm³/mol. The fourth-order valence-electron chi connectivity index (χ4n) is 1.77. The molecule has 2 N–H and O–H groups in total. The van der Waals surface area contributed by atoms with Gasteiger partial charge in [0.05, 0.1) is 12.8 Å². The molecule has 0 fully saturated rings. The van der Waals surface area contributed by atoms with Crippen LogP contribution in [0.15, 0.2) is 36.7 Å². The minimum atomic E-state index is 0.441. The van der Waals surface area contributed by atoms with Gasteiger partial charge in [-0.1, -0.05) is 30.7 Å². The number of hydrogen-bond donors (Lipinski definition) is 1. The molecule has 0 radical (unpaired) electrons. The molecule has 2 rings (SSSR count). The van der Waals surface area contributed by atoms with Crippen molar-refractivity contribution in [2.75, 3.05) is 6.61 Å². The van der Waals surface area contributed by atoms with Crippen LogP contribution in [0.25, 0.3) is 11.1 Å². The van der Waals surface area contributed by atoms with Gasteiger partial charge in [-0.3, -0.25) is 4.98 Å². The molecule has 0 bridgehead atoms. The van der Waals surface area contributed by atoms with E-state index in [0.717, 1.165) is 28.9 Å². The van der Waals surface area contributed by atoms with E-state index in [0.29, 0.717) is 18.2 Å². The molecule has 0 aliphatic rings. The van der Waals surface area contributed by atoms with Crippen molar-refractivity contribution in [2.45, 2.75) is 19.9 Å². The number of ether oxygens (including phenoxy) is 1. The molecule has 4 heteroatoms. The Hall–Kier alpha value is -1.58. The standard InChI is InChI=1S/C15H17ClN2O/c1-2-5-19-14-6-13(9-18-10-14)11-3-4-12(8-17)15(16)7-11/h3-4,6-7,9-10H,2,5,8,17H2,1H3. The number of halogens is 1. The molecule has 0 aliphatic heterocycles. The quantitative estimate of drug-likeness (QED) is 0.907. The lowest BCUT2D eigenvalue weighted by molar-refractivity contribution is 0.316. The summed E-state index contributed by atoms with van der Waals surface area (Å²) in [7, 11) is 0. The molecule has 100 valence electrons. The maximum absolute atomic E-state index is 6.17. The normalized spacial score (nSPS) is 10.5. The molecular weight excluding hydrogens is 260 g/mol. The minimum absolute atomic E-state index is 0.441. The van der Waals surface area contributed by atoms with Gasteiger partial charge in [-0.05, 0) is 29.7 Å². The van der Waals surface area contributed by atoms with Crippen molar-refractivity contribution in [1.82, 2.24) is 4.98 Å². The van der Waals surface area contributed by atoms with Gasteiger partial charge < -0.3 is 10.5 Å². The summed E-state index contributed by atoms with van der Waals surface area (Å²) in [6, 6.07) is 7.81. The van der Waals surface area contributed by atoms with E-state index in [1.165, 1.54) is 0 Å². The zero-order chi connectivity index (χ0) is 13.7. The maximum atomic E-state index is 6.17. The van der Waals surface area contributed by atoms with Gasteiger partial charge >= 0.3 is 0 Å². The number of rotatable bonds is 5. The van der Waals surface area contributed by atoms with Crippen LogP contribution < -0.4 is 10.5 Å². The van der Waals surface area contributed by atoms with Crippen LogP contribution in [0.3, 0.4) is 0 Å². The average molecular weight is 277 g/mol. The molecule has 2 aromatic rings. The highest BCUT2D eigenvalue weighted by Crippen LogP contribution is 2.27. The lowest BCUT2D eigenvalue weighted by atomic mass is 10.1. The monoisotopic (exact) mass is 276 g/mol.